The van der Waals surface area contributed by atoms with Crippen molar-refractivity contribution in [1.82, 2.24) is 4.98 Å². The molecule has 0 N–H and O–H groups in total. The molecule has 0 aliphatic heterocycles. The van der Waals surface area contributed by atoms with Gasteiger partial charge in [-0.25, -0.2) is 4.98 Å². The minimum absolute atomic E-state index is 0.0107. The van der Waals surface area contributed by atoms with Crippen LogP contribution in [0.5, 0.6) is 5.75 Å². The van der Waals surface area contributed by atoms with Crippen molar-refractivity contribution in [2.75, 3.05) is 12.9 Å². The lowest BCUT2D eigenvalue weighted by atomic mass is 9.70. The van der Waals surface area contributed by atoms with Gasteiger partial charge in [0.05, 0.1) is 18.4 Å². The second-order valence-electron chi connectivity index (χ2n) is 9.43. The molecule has 4 nitrogen and oxygen atoms in total. The highest BCUT2D eigenvalue weighted by Crippen LogP contribution is 2.44. The number of carbonyl (C=O) groups excluding carboxylic acids is 1. The van der Waals surface area contributed by atoms with Crippen LogP contribution in [0.1, 0.15) is 54.4 Å². The Morgan fingerprint density at radius 1 is 1.27 bits per heavy atom. The highest BCUT2D eigenvalue weighted by Gasteiger charge is 2.33. The largest absolute Gasteiger partial charge is 0.497 e. The monoisotopic (exact) mass is 476 g/mol. The molecule has 170 valence electrons. The Labute approximate surface area is 204 Å². The summed E-state index contributed by atoms with van der Waals surface area (Å²) in [6.45, 7) is 6.88. The van der Waals surface area contributed by atoms with Crippen LogP contribution in [-0.2, 0) is 12.8 Å². The number of carbonyl (C=O) groups is 1. The number of rotatable bonds is 6. The van der Waals surface area contributed by atoms with E-state index in [1.807, 2.05) is 11.4 Å². The summed E-state index contributed by atoms with van der Waals surface area (Å²) in [5.74, 6) is 1.52. The van der Waals surface area contributed by atoms with E-state index in [0.717, 1.165) is 41.1 Å². The third-order valence-electron chi connectivity index (χ3n) is 6.39. The van der Waals surface area contributed by atoms with E-state index in [1.165, 1.54) is 17.3 Å². The summed E-state index contributed by atoms with van der Waals surface area (Å²) in [4.78, 5) is 18.8. The van der Waals surface area contributed by atoms with Crippen molar-refractivity contribution in [3.05, 3.63) is 64.2 Å². The van der Waals surface area contributed by atoms with Crippen molar-refractivity contribution < 1.29 is 9.53 Å². The number of fused-ring (bicyclic) bond motifs is 1. The molecule has 1 aromatic carbocycles. The fourth-order valence-corrected chi connectivity index (χ4v) is 6.07. The van der Waals surface area contributed by atoms with Gasteiger partial charge in [-0.2, -0.15) is 5.26 Å². The molecule has 0 radical (unpaired) electrons. The number of nitriles is 1. The van der Waals surface area contributed by atoms with Crippen molar-refractivity contribution >= 4 is 28.9 Å². The van der Waals surface area contributed by atoms with E-state index in [9.17, 15) is 10.1 Å². The second-order valence-corrected chi connectivity index (χ2v) is 11.3. The molecule has 1 unspecified atom stereocenters. The van der Waals surface area contributed by atoms with Gasteiger partial charge in [-0.1, -0.05) is 38.6 Å². The molecule has 3 aromatic rings. The summed E-state index contributed by atoms with van der Waals surface area (Å²) < 4.78 is 5.18. The molecule has 0 spiro atoms. The zero-order chi connectivity index (χ0) is 23.6. The molecule has 6 heteroatoms. The van der Waals surface area contributed by atoms with Crippen LogP contribution < -0.4 is 4.74 Å². The molecule has 0 amide bonds. The van der Waals surface area contributed by atoms with E-state index >= 15 is 0 Å². The maximum Gasteiger partial charge on any atom is 0.173 e. The maximum atomic E-state index is 12.8. The average molecular weight is 477 g/mol. The minimum atomic E-state index is 0.0107. The lowest BCUT2D eigenvalue weighted by molar-refractivity contribution is 0.102. The van der Waals surface area contributed by atoms with Gasteiger partial charge in [0.1, 0.15) is 16.8 Å². The molecule has 0 fully saturated rings. The van der Waals surface area contributed by atoms with Gasteiger partial charge in [0.15, 0.2) is 5.78 Å². The van der Waals surface area contributed by atoms with Crippen molar-refractivity contribution in [1.29, 1.82) is 5.26 Å². The summed E-state index contributed by atoms with van der Waals surface area (Å²) in [5, 5.41) is 12.9. The van der Waals surface area contributed by atoms with E-state index in [0.29, 0.717) is 22.1 Å². The summed E-state index contributed by atoms with van der Waals surface area (Å²) >= 11 is 3.02. The summed E-state index contributed by atoms with van der Waals surface area (Å²) in [7, 11) is 1.60. The Balaban J connectivity index is 1.69. The van der Waals surface area contributed by atoms with Crippen LogP contribution in [0.25, 0.3) is 10.4 Å². The van der Waals surface area contributed by atoms with Crippen molar-refractivity contribution in [3.63, 3.8) is 0 Å². The number of nitrogens with zero attached hydrogens (tertiary/aromatic N) is 2. The van der Waals surface area contributed by atoms with Crippen molar-refractivity contribution in [2.24, 2.45) is 11.3 Å². The van der Waals surface area contributed by atoms with E-state index < -0.39 is 0 Å². The Morgan fingerprint density at radius 3 is 2.64 bits per heavy atom. The van der Waals surface area contributed by atoms with Gasteiger partial charge in [0.2, 0.25) is 0 Å². The maximum absolute atomic E-state index is 12.8. The van der Waals surface area contributed by atoms with E-state index in [-0.39, 0.29) is 17.0 Å². The summed E-state index contributed by atoms with van der Waals surface area (Å²) in [6.07, 6.45) is 2.93. The summed E-state index contributed by atoms with van der Waals surface area (Å²) in [5.41, 5.74) is 4.74. The fourth-order valence-electron chi connectivity index (χ4n) is 4.37. The number of thioether (sulfide) groups is 1. The van der Waals surface area contributed by atoms with Crippen molar-refractivity contribution in [3.8, 4) is 22.3 Å². The van der Waals surface area contributed by atoms with Crippen LogP contribution in [0, 0.1) is 22.7 Å². The molecule has 1 aliphatic carbocycles. The molecule has 1 aliphatic rings. The molecule has 0 saturated carbocycles. The number of pyridine rings is 1. The lowest BCUT2D eigenvalue weighted by Crippen LogP contribution is -2.28. The molecule has 2 heterocycles. The van der Waals surface area contributed by atoms with Gasteiger partial charge >= 0.3 is 0 Å². The standard InChI is InChI=1S/C27H28N2O2S2/c1-27(2,3)18-9-12-22-20(14-18)25(24-6-5-13-32-24)21(15-28)26(29-22)33-16-23(30)17-7-10-19(31-4)11-8-17/h5-8,10-11,13,18H,9,12,14,16H2,1-4H3. The highest BCUT2D eigenvalue weighted by atomic mass is 32.2. The number of hydrogen-bond donors (Lipinski definition) is 0. The number of Topliss-reactive ketones (excluding diaryl/α,β-unsaturated/α-hetero) is 1. The predicted octanol–water partition coefficient (Wildman–Crippen LogP) is 6.82. The molecule has 1 atom stereocenters. The minimum Gasteiger partial charge on any atom is -0.497 e. The molecule has 0 saturated heterocycles. The first-order chi connectivity index (χ1) is 15.8. The SMILES string of the molecule is COc1ccc(C(=O)CSc2nc3c(c(-c4cccs4)c2C#N)CC(C(C)(C)C)CC3)cc1. The Bertz CT molecular complexity index is 1190. The molecule has 0 bridgehead atoms. The first kappa shape index (κ1) is 23.5. The summed E-state index contributed by atoms with van der Waals surface area (Å²) in [6, 6.07) is 13.7. The average Bonchev–Trinajstić information content (AvgIpc) is 3.35. The number of ketones is 1. The Hall–Kier alpha value is -2.62. The smallest absolute Gasteiger partial charge is 0.173 e. The van der Waals surface area contributed by atoms with Gasteiger partial charge in [0, 0.05) is 21.7 Å². The van der Waals surface area contributed by atoms with E-state index in [2.05, 4.69) is 32.9 Å². The quantitative estimate of drug-likeness (QED) is 0.289. The lowest BCUT2D eigenvalue weighted by Gasteiger charge is -2.35. The number of methoxy groups -OCH3 is 1. The van der Waals surface area contributed by atoms with Crippen LogP contribution in [0.3, 0.4) is 0 Å². The number of aromatic nitrogens is 1. The highest BCUT2D eigenvalue weighted by molar-refractivity contribution is 8.00. The molecular formula is C27H28N2O2S2. The fraction of sp³-hybridized carbons (Fsp3) is 0.370. The van der Waals surface area contributed by atoms with Gasteiger partial charge in [0.25, 0.3) is 0 Å². The number of ether oxygens (including phenoxy) is 1. The van der Waals surface area contributed by atoms with Gasteiger partial charge in [-0.15, -0.1) is 11.3 Å². The first-order valence-electron chi connectivity index (χ1n) is 11.1. The van der Waals surface area contributed by atoms with Crippen LogP contribution in [0.4, 0.5) is 0 Å². The molecular weight excluding hydrogens is 448 g/mol. The zero-order valence-corrected chi connectivity index (χ0v) is 21.1. The zero-order valence-electron chi connectivity index (χ0n) is 19.5. The van der Waals surface area contributed by atoms with Gasteiger partial charge < -0.3 is 4.74 Å². The van der Waals surface area contributed by atoms with Crippen LogP contribution >= 0.6 is 23.1 Å². The number of thiophene rings is 1. The van der Waals surface area contributed by atoms with E-state index in [4.69, 9.17) is 9.72 Å². The normalized spacial score (nSPS) is 15.5. The molecule has 2 aromatic heterocycles. The molecule has 4 rings (SSSR count). The third kappa shape index (κ3) is 5.00. The second kappa shape index (κ2) is 9.70. The Kier molecular flexibility index (Phi) is 6.92. The Morgan fingerprint density at radius 2 is 2.03 bits per heavy atom. The third-order valence-corrected chi connectivity index (χ3v) is 8.25. The van der Waals surface area contributed by atoms with Gasteiger partial charge in [-0.3, -0.25) is 4.79 Å². The predicted molar refractivity (Wildman–Crippen MR) is 135 cm³/mol. The topological polar surface area (TPSA) is 63.0 Å². The van der Waals surface area contributed by atoms with E-state index in [1.54, 1.807) is 42.7 Å². The van der Waals surface area contributed by atoms with Crippen LogP contribution in [0.15, 0.2) is 46.8 Å². The number of hydrogen-bond acceptors (Lipinski definition) is 6. The first-order valence-corrected chi connectivity index (χ1v) is 13.0. The van der Waals surface area contributed by atoms with Crippen molar-refractivity contribution in [2.45, 2.75) is 45.1 Å². The number of aryl methyl sites for hydroxylation is 1. The van der Waals surface area contributed by atoms with Crippen LogP contribution in [0.2, 0.25) is 0 Å². The molecule has 33 heavy (non-hydrogen) atoms. The van der Waals surface area contributed by atoms with Crippen LogP contribution in [-0.4, -0.2) is 23.6 Å². The number of benzene rings is 1. The van der Waals surface area contributed by atoms with Gasteiger partial charge in [-0.05, 0) is 71.9 Å².